The third-order valence-corrected chi connectivity index (χ3v) is 2.91. The van der Waals surface area contributed by atoms with Gasteiger partial charge in [0.2, 0.25) is 0 Å². The summed E-state index contributed by atoms with van der Waals surface area (Å²) in [5, 5.41) is 0. The van der Waals surface area contributed by atoms with Gasteiger partial charge in [0.15, 0.2) is 0 Å². The van der Waals surface area contributed by atoms with E-state index in [-0.39, 0.29) is 5.82 Å². The minimum absolute atomic E-state index is 0.234. The zero-order valence-corrected chi connectivity index (χ0v) is 9.38. The zero-order chi connectivity index (χ0) is 10.1. The molecule has 0 bridgehead atoms. The Hall–Kier alpha value is -0.900. The van der Waals surface area contributed by atoms with Gasteiger partial charge >= 0.3 is 0 Å². The van der Waals surface area contributed by atoms with Gasteiger partial charge in [0.25, 0.3) is 0 Å². The summed E-state index contributed by atoms with van der Waals surface area (Å²) in [4.78, 5) is 6.26. The second kappa shape index (κ2) is 3.69. The summed E-state index contributed by atoms with van der Waals surface area (Å²) in [6.07, 6.45) is 0. The van der Waals surface area contributed by atoms with E-state index in [9.17, 15) is 4.39 Å². The predicted molar refractivity (Wildman–Crippen MR) is 59.4 cm³/mol. The van der Waals surface area contributed by atoms with Crippen molar-refractivity contribution in [3.8, 4) is 0 Å². The van der Waals surface area contributed by atoms with Gasteiger partial charge in [-0.05, 0) is 41.1 Å². The lowest BCUT2D eigenvalue weighted by Gasteiger charge is -2.18. The highest BCUT2D eigenvalue weighted by Gasteiger charge is 2.15. The molecule has 74 valence electrons. The van der Waals surface area contributed by atoms with E-state index in [4.69, 9.17) is 0 Å². The van der Waals surface area contributed by atoms with Crippen LogP contribution in [0.25, 0.3) is 0 Å². The van der Waals surface area contributed by atoms with Crippen molar-refractivity contribution in [2.24, 2.45) is 4.99 Å². The van der Waals surface area contributed by atoms with Gasteiger partial charge in [-0.25, -0.2) is 4.39 Å². The van der Waals surface area contributed by atoms with E-state index >= 15 is 0 Å². The predicted octanol–water partition coefficient (Wildman–Crippen LogP) is 2.83. The maximum atomic E-state index is 13.2. The SMILES string of the molecule is CC1=NCCN1c1ccc(Br)c(F)c1. The van der Waals surface area contributed by atoms with Crippen molar-refractivity contribution in [1.29, 1.82) is 0 Å². The molecule has 0 aromatic heterocycles. The summed E-state index contributed by atoms with van der Waals surface area (Å²) >= 11 is 3.13. The fraction of sp³-hybridized carbons (Fsp3) is 0.300. The van der Waals surface area contributed by atoms with Crippen molar-refractivity contribution in [1.82, 2.24) is 0 Å². The van der Waals surface area contributed by atoms with Gasteiger partial charge in [0.1, 0.15) is 11.7 Å². The first-order chi connectivity index (χ1) is 6.68. The van der Waals surface area contributed by atoms with Crippen molar-refractivity contribution in [2.75, 3.05) is 18.0 Å². The summed E-state index contributed by atoms with van der Waals surface area (Å²) in [6, 6.07) is 5.13. The molecule has 1 aliphatic heterocycles. The monoisotopic (exact) mass is 256 g/mol. The van der Waals surface area contributed by atoms with E-state index in [1.165, 1.54) is 6.07 Å². The summed E-state index contributed by atoms with van der Waals surface area (Å²) in [7, 11) is 0. The molecule has 0 saturated heterocycles. The van der Waals surface area contributed by atoms with Crippen LogP contribution in [0.1, 0.15) is 6.92 Å². The summed E-state index contributed by atoms with van der Waals surface area (Å²) in [6.45, 7) is 3.57. The smallest absolute Gasteiger partial charge is 0.139 e. The second-order valence-electron chi connectivity index (χ2n) is 3.18. The Morgan fingerprint density at radius 2 is 2.29 bits per heavy atom. The van der Waals surface area contributed by atoms with Crippen molar-refractivity contribution in [2.45, 2.75) is 6.92 Å². The van der Waals surface area contributed by atoms with E-state index in [1.54, 1.807) is 6.07 Å². The minimum atomic E-state index is -0.234. The van der Waals surface area contributed by atoms with Crippen LogP contribution in [0.4, 0.5) is 10.1 Å². The zero-order valence-electron chi connectivity index (χ0n) is 7.80. The third kappa shape index (κ3) is 1.66. The van der Waals surface area contributed by atoms with Gasteiger partial charge < -0.3 is 4.90 Å². The Balaban J connectivity index is 2.33. The second-order valence-corrected chi connectivity index (χ2v) is 4.03. The number of nitrogens with zero attached hydrogens (tertiary/aromatic N) is 2. The van der Waals surface area contributed by atoms with Gasteiger partial charge in [0, 0.05) is 12.2 Å². The van der Waals surface area contributed by atoms with Crippen LogP contribution < -0.4 is 4.90 Å². The lowest BCUT2D eigenvalue weighted by Crippen LogP contribution is -2.24. The summed E-state index contributed by atoms with van der Waals surface area (Å²) < 4.78 is 13.7. The molecule has 0 amide bonds. The molecule has 2 nitrogen and oxygen atoms in total. The van der Waals surface area contributed by atoms with Crippen molar-refractivity contribution >= 4 is 27.5 Å². The van der Waals surface area contributed by atoms with Crippen LogP contribution in [0.5, 0.6) is 0 Å². The summed E-state index contributed by atoms with van der Waals surface area (Å²) in [5.74, 6) is 0.717. The van der Waals surface area contributed by atoms with Crippen LogP contribution in [0, 0.1) is 5.82 Å². The molecule has 0 N–H and O–H groups in total. The van der Waals surface area contributed by atoms with Gasteiger partial charge in [-0.15, -0.1) is 0 Å². The lowest BCUT2D eigenvalue weighted by atomic mass is 10.3. The Morgan fingerprint density at radius 3 is 2.86 bits per heavy atom. The average molecular weight is 257 g/mol. The minimum Gasteiger partial charge on any atom is -0.328 e. The van der Waals surface area contributed by atoms with Crippen LogP contribution in [0.15, 0.2) is 27.7 Å². The fourth-order valence-electron chi connectivity index (χ4n) is 1.53. The Labute approximate surface area is 90.6 Å². The molecular weight excluding hydrogens is 247 g/mol. The Morgan fingerprint density at radius 1 is 1.50 bits per heavy atom. The molecule has 0 spiro atoms. The number of anilines is 1. The van der Waals surface area contributed by atoms with Crippen LogP contribution in [-0.2, 0) is 0 Å². The quantitative estimate of drug-likeness (QED) is 0.755. The van der Waals surface area contributed by atoms with Crippen molar-refractivity contribution in [3.63, 3.8) is 0 Å². The van der Waals surface area contributed by atoms with Gasteiger partial charge in [-0.3, -0.25) is 4.99 Å². The number of benzene rings is 1. The largest absolute Gasteiger partial charge is 0.328 e. The van der Waals surface area contributed by atoms with Crippen LogP contribution in [-0.4, -0.2) is 18.9 Å². The molecule has 0 atom stereocenters. The van der Waals surface area contributed by atoms with Crippen LogP contribution >= 0.6 is 15.9 Å². The van der Waals surface area contributed by atoms with Crippen molar-refractivity contribution < 1.29 is 4.39 Å². The summed E-state index contributed by atoms with van der Waals surface area (Å²) in [5.41, 5.74) is 0.865. The third-order valence-electron chi connectivity index (χ3n) is 2.27. The topological polar surface area (TPSA) is 15.6 Å². The van der Waals surface area contributed by atoms with E-state index in [0.717, 1.165) is 24.6 Å². The molecule has 0 unspecified atom stereocenters. The molecule has 0 radical (unpaired) electrons. The van der Waals surface area contributed by atoms with Crippen LogP contribution in [0.3, 0.4) is 0 Å². The maximum absolute atomic E-state index is 13.2. The first-order valence-electron chi connectivity index (χ1n) is 4.42. The van der Waals surface area contributed by atoms with Gasteiger partial charge in [-0.1, -0.05) is 0 Å². The lowest BCUT2D eigenvalue weighted by molar-refractivity contribution is 0.621. The number of aliphatic imine (C=N–C) groups is 1. The molecule has 4 heteroatoms. The van der Waals surface area contributed by atoms with Crippen LogP contribution in [0.2, 0.25) is 0 Å². The van der Waals surface area contributed by atoms with Gasteiger partial charge in [-0.2, -0.15) is 0 Å². The van der Waals surface area contributed by atoms with Crippen molar-refractivity contribution in [3.05, 3.63) is 28.5 Å². The fourth-order valence-corrected chi connectivity index (χ4v) is 1.77. The van der Waals surface area contributed by atoms with E-state index in [0.29, 0.717) is 4.47 Å². The Bertz CT molecular complexity index is 390. The van der Waals surface area contributed by atoms with Gasteiger partial charge in [0.05, 0.1) is 11.0 Å². The Kier molecular flexibility index (Phi) is 2.54. The molecule has 1 aromatic carbocycles. The molecule has 2 rings (SSSR count). The highest BCUT2D eigenvalue weighted by molar-refractivity contribution is 9.10. The molecule has 0 fully saturated rings. The number of rotatable bonds is 1. The molecule has 0 saturated carbocycles. The molecule has 1 aromatic rings. The number of hydrogen-bond donors (Lipinski definition) is 0. The number of halogens is 2. The molecule has 14 heavy (non-hydrogen) atoms. The molecule has 1 heterocycles. The highest BCUT2D eigenvalue weighted by Crippen LogP contribution is 2.23. The molecule has 1 aliphatic rings. The molecular formula is C10H10BrFN2. The van der Waals surface area contributed by atoms with E-state index < -0.39 is 0 Å². The highest BCUT2D eigenvalue weighted by atomic mass is 79.9. The average Bonchev–Trinajstić information content (AvgIpc) is 2.57. The number of hydrogen-bond acceptors (Lipinski definition) is 2. The standard InChI is InChI=1S/C10H10BrFN2/c1-7-13-4-5-14(7)8-2-3-9(11)10(12)6-8/h2-3,6H,4-5H2,1H3. The normalized spacial score (nSPS) is 15.9. The first-order valence-corrected chi connectivity index (χ1v) is 5.21. The first kappa shape index (κ1) is 9.65. The van der Waals surface area contributed by atoms with E-state index in [2.05, 4.69) is 20.9 Å². The maximum Gasteiger partial charge on any atom is 0.139 e. The molecule has 0 aliphatic carbocycles. The number of amidine groups is 1. The van der Waals surface area contributed by atoms with E-state index in [1.807, 2.05) is 17.9 Å².